The van der Waals surface area contributed by atoms with E-state index in [2.05, 4.69) is 37.9 Å². The number of carbonyl (C=O) groups excluding carboxylic acids is 4. The zero-order chi connectivity index (χ0) is 31.9. The summed E-state index contributed by atoms with van der Waals surface area (Å²) in [6, 6.07) is 15.6. The molecule has 1 atom stereocenters. The van der Waals surface area contributed by atoms with Crippen LogP contribution in [-0.4, -0.2) is 54.2 Å². The van der Waals surface area contributed by atoms with Crippen LogP contribution in [0.15, 0.2) is 59.6 Å². The fourth-order valence-electron chi connectivity index (χ4n) is 3.43. The Balaban J connectivity index is 0.00000431. The van der Waals surface area contributed by atoms with E-state index in [4.69, 9.17) is 9.47 Å². The van der Waals surface area contributed by atoms with Gasteiger partial charge in [0, 0.05) is 11.9 Å². The minimum atomic E-state index is -0.840. The van der Waals surface area contributed by atoms with Crippen LogP contribution in [0.4, 0.5) is 15.3 Å². The maximum absolute atomic E-state index is 12.8. The van der Waals surface area contributed by atoms with Gasteiger partial charge in [-0.15, -0.1) is 11.6 Å². The number of alkyl halides is 1. The van der Waals surface area contributed by atoms with Crippen molar-refractivity contribution in [2.45, 2.75) is 72.0 Å². The summed E-state index contributed by atoms with van der Waals surface area (Å²) >= 11 is 4.64. The molecule has 0 bridgehead atoms. The predicted octanol–water partition coefficient (Wildman–Crippen LogP) is 5.58. The summed E-state index contributed by atoms with van der Waals surface area (Å²) in [5.41, 5.74) is -0.164. The van der Waals surface area contributed by atoms with E-state index in [1.54, 1.807) is 59.7 Å². The standard InChI is InChI=1S/C29H39N5O6.CH3Cl/c1-8-22(19-13-10-9-11-14-19)24(36)31-18-30-23(35)20-15-12-16-21(17-20)32-25(33-26(37)39-28(2,3)4)34-27(38)40-29(5,6)7;1-2/h9-17,22H,8,18H2,1-7H3,(H,30,35)(H,31,36)(H2,32,33,34,37,38);1H3. The van der Waals surface area contributed by atoms with Crippen LogP contribution in [0.2, 0.25) is 0 Å². The molecule has 0 saturated heterocycles. The lowest BCUT2D eigenvalue weighted by Gasteiger charge is -2.22. The fourth-order valence-corrected chi connectivity index (χ4v) is 3.43. The Bertz CT molecular complexity index is 1190. The molecule has 0 radical (unpaired) electrons. The number of nitrogens with one attached hydrogen (secondary N) is 4. The molecule has 230 valence electrons. The predicted molar refractivity (Wildman–Crippen MR) is 164 cm³/mol. The molecule has 4 amide bonds. The minimum absolute atomic E-state index is 0.0693. The second-order valence-corrected chi connectivity index (χ2v) is 10.9. The zero-order valence-corrected chi connectivity index (χ0v) is 26.2. The Kier molecular flexibility index (Phi) is 14.5. The highest BCUT2D eigenvalue weighted by Crippen LogP contribution is 2.19. The largest absolute Gasteiger partial charge is 0.444 e. The molecule has 4 N–H and O–H groups in total. The van der Waals surface area contributed by atoms with Gasteiger partial charge in [0.1, 0.15) is 11.2 Å². The van der Waals surface area contributed by atoms with Crippen molar-refractivity contribution >= 4 is 47.2 Å². The Morgan fingerprint density at radius 1 is 0.810 bits per heavy atom. The lowest BCUT2D eigenvalue weighted by molar-refractivity contribution is -0.122. The molecule has 0 aliphatic heterocycles. The number of benzene rings is 2. The molecule has 0 fully saturated rings. The maximum Gasteiger partial charge on any atom is 0.414 e. The Morgan fingerprint density at radius 3 is 1.86 bits per heavy atom. The van der Waals surface area contributed by atoms with Gasteiger partial charge in [0.15, 0.2) is 0 Å². The molecule has 1 unspecified atom stereocenters. The van der Waals surface area contributed by atoms with Crippen molar-refractivity contribution in [2.24, 2.45) is 4.99 Å². The molecule has 0 saturated carbocycles. The number of carbonyl (C=O) groups is 4. The zero-order valence-electron chi connectivity index (χ0n) is 25.5. The van der Waals surface area contributed by atoms with Gasteiger partial charge in [0.2, 0.25) is 11.9 Å². The van der Waals surface area contributed by atoms with Gasteiger partial charge in [0.25, 0.3) is 5.91 Å². The lowest BCUT2D eigenvalue weighted by Crippen LogP contribution is -2.47. The first-order valence-electron chi connectivity index (χ1n) is 13.3. The first kappa shape index (κ1) is 35.9. The summed E-state index contributed by atoms with van der Waals surface area (Å²) in [5.74, 6) is -1.23. The fraction of sp³-hybridized carbons (Fsp3) is 0.433. The van der Waals surface area contributed by atoms with Gasteiger partial charge >= 0.3 is 12.2 Å². The molecule has 2 aromatic carbocycles. The summed E-state index contributed by atoms with van der Waals surface area (Å²) < 4.78 is 10.5. The van der Waals surface area contributed by atoms with E-state index < -0.39 is 29.3 Å². The molecule has 2 rings (SSSR count). The van der Waals surface area contributed by atoms with Crippen LogP contribution in [0.1, 0.15) is 76.7 Å². The summed E-state index contributed by atoms with van der Waals surface area (Å²) in [6.45, 7) is 12.0. The van der Waals surface area contributed by atoms with Crippen LogP contribution >= 0.6 is 11.6 Å². The Labute approximate surface area is 252 Å². The number of aliphatic imine (C=N–C) groups is 1. The number of hydrogen-bond acceptors (Lipinski definition) is 7. The topological polar surface area (TPSA) is 147 Å². The smallest absolute Gasteiger partial charge is 0.414 e. The van der Waals surface area contributed by atoms with Gasteiger partial charge in [-0.25, -0.2) is 14.6 Å². The average Bonchev–Trinajstić information content (AvgIpc) is 2.88. The molecule has 0 aromatic heterocycles. The highest BCUT2D eigenvalue weighted by atomic mass is 35.5. The van der Waals surface area contributed by atoms with E-state index in [0.717, 1.165) is 5.56 Å². The number of alkyl carbamates (subject to hydrolysis) is 2. The number of guanidine groups is 1. The summed E-state index contributed by atoms with van der Waals surface area (Å²) in [4.78, 5) is 54.3. The van der Waals surface area contributed by atoms with Crippen molar-refractivity contribution < 1.29 is 28.7 Å². The maximum atomic E-state index is 12.8. The van der Waals surface area contributed by atoms with Gasteiger partial charge in [0.05, 0.1) is 18.3 Å². The third-order valence-corrected chi connectivity index (χ3v) is 5.03. The number of ether oxygens (including phenoxy) is 2. The van der Waals surface area contributed by atoms with Crippen LogP contribution in [-0.2, 0) is 14.3 Å². The van der Waals surface area contributed by atoms with E-state index in [0.29, 0.717) is 6.42 Å². The minimum Gasteiger partial charge on any atom is -0.444 e. The number of nitrogens with zero attached hydrogens (tertiary/aromatic N) is 1. The summed E-state index contributed by atoms with van der Waals surface area (Å²) in [5, 5.41) is 10.2. The lowest BCUT2D eigenvalue weighted by atomic mass is 9.96. The van der Waals surface area contributed by atoms with E-state index in [1.165, 1.54) is 12.4 Å². The third kappa shape index (κ3) is 14.0. The van der Waals surface area contributed by atoms with E-state index in [-0.39, 0.29) is 35.7 Å². The third-order valence-electron chi connectivity index (χ3n) is 5.03. The second kappa shape index (κ2) is 17.0. The monoisotopic (exact) mass is 603 g/mol. The van der Waals surface area contributed by atoms with Crippen LogP contribution in [0.3, 0.4) is 0 Å². The molecule has 0 aliphatic carbocycles. The molecule has 0 aliphatic rings. The van der Waals surface area contributed by atoms with Crippen LogP contribution in [0.5, 0.6) is 0 Å². The molecule has 2 aromatic rings. The van der Waals surface area contributed by atoms with Gasteiger partial charge in [-0.05, 0) is 71.7 Å². The molecule has 12 heteroatoms. The van der Waals surface area contributed by atoms with Crippen molar-refractivity contribution in [3.63, 3.8) is 0 Å². The number of amides is 4. The second-order valence-electron chi connectivity index (χ2n) is 10.9. The number of halogens is 1. The Hall–Kier alpha value is -4.12. The molecule has 0 heterocycles. The number of rotatable bonds is 7. The van der Waals surface area contributed by atoms with Gasteiger partial charge < -0.3 is 20.1 Å². The highest BCUT2D eigenvalue weighted by Gasteiger charge is 2.22. The van der Waals surface area contributed by atoms with Gasteiger partial charge in [-0.2, -0.15) is 0 Å². The quantitative estimate of drug-likeness (QED) is 0.141. The molecule has 11 nitrogen and oxygen atoms in total. The van der Waals surface area contributed by atoms with Crippen LogP contribution in [0, 0.1) is 0 Å². The van der Waals surface area contributed by atoms with E-state index in [9.17, 15) is 19.2 Å². The van der Waals surface area contributed by atoms with Crippen molar-refractivity contribution in [1.82, 2.24) is 21.3 Å². The summed E-state index contributed by atoms with van der Waals surface area (Å²) in [6.07, 6.45) is 0.404. The van der Waals surface area contributed by atoms with E-state index in [1.807, 2.05) is 37.3 Å². The van der Waals surface area contributed by atoms with Crippen molar-refractivity contribution in [1.29, 1.82) is 0 Å². The molecule has 0 spiro atoms. The van der Waals surface area contributed by atoms with Crippen LogP contribution < -0.4 is 21.3 Å². The normalized spacial score (nSPS) is 11.5. The van der Waals surface area contributed by atoms with Crippen molar-refractivity contribution in [3.05, 3.63) is 65.7 Å². The summed E-state index contributed by atoms with van der Waals surface area (Å²) in [7, 11) is 0. The SMILES string of the molecule is CCC(C(=O)NCNC(=O)c1cccc(N=C(NC(=O)OC(C)(C)C)NC(=O)OC(C)(C)C)c1)c1ccccc1.CCl. The molecular weight excluding hydrogens is 562 g/mol. The van der Waals surface area contributed by atoms with Crippen molar-refractivity contribution in [3.8, 4) is 0 Å². The van der Waals surface area contributed by atoms with Gasteiger partial charge in [-0.3, -0.25) is 20.2 Å². The first-order chi connectivity index (χ1) is 19.7. The van der Waals surface area contributed by atoms with Crippen LogP contribution in [0.25, 0.3) is 0 Å². The highest BCUT2D eigenvalue weighted by molar-refractivity contribution is 6.15. The first-order valence-corrected chi connectivity index (χ1v) is 14.1. The molecule has 42 heavy (non-hydrogen) atoms. The number of hydrogen-bond donors (Lipinski definition) is 4. The van der Waals surface area contributed by atoms with E-state index >= 15 is 0 Å². The molecular formula is C30H42ClN5O6. The van der Waals surface area contributed by atoms with Gasteiger partial charge in [-0.1, -0.05) is 43.3 Å². The average molecular weight is 604 g/mol. The Morgan fingerprint density at radius 2 is 1.36 bits per heavy atom. The van der Waals surface area contributed by atoms with Crippen molar-refractivity contribution in [2.75, 3.05) is 13.1 Å².